The summed E-state index contributed by atoms with van der Waals surface area (Å²) in [4.78, 5) is 10.2. The maximum atomic E-state index is 10.6. The summed E-state index contributed by atoms with van der Waals surface area (Å²) in [6.07, 6.45) is 3.76. The Labute approximate surface area is 82.2 Å². The van der Waals surface area contributed by atoms with Gasteiger partial charge in [0.15, 0.2) is 0 Å². The summed E-state index contributed by atoms with van der Waals surface area (Å²) in [6.45, 7) is 3.60. The Morgan fingerprint density at radius 1 is 1.79 bits per heavy atom. The number of hydrogen-bond acceptors (Lipinski definition) is 3. The molecule has 0 aliphatic rings. The highest BCUT2D eigenvalue weighted by Gasteiger charge is 2.09. The Morgan fingerprint density at radius 3 is 2.79 bits per heavy atom. The van der Waals surface area contributed by atoms with Crippen molar-refractivity contribution in [1.82, 2.24) is 9.78 Å². The molecule has 0 bridgehead atoms. The van der Waals surface area contributed by atoms with Gasteiger partial charge in [-0.3, -0.25) is 14.8 Å². The Kier molecular flexibility index (Phi) is 3.01. The van der Waals surface area contributed by atoms with E-state index in [1.807, 2.05) is 6.92 Å². The van der Waals surface area contributed by atoms with Gasteiger partial charge in [-0.25, -0.2) is 0 Å². The first-order valence-corrected chi connectivity index (χ1v) is 4.39. The lowest BCUT2D eigenvalue weighted by Gasteiger charge is -1.92. The number of allylic oxidation sites excluding steroid dienone is 1. The normalized spacial score (nSPS) is 11.8. The Morgan fingerprint density at radius 2 is 2.43 bits per heavy atom. The number of aromatic nitrogens is 2. The van der Waals surface area contributed by atoms with Crippen molar-refractivity contribution in [2.45, 2.75) is 20.3 Å². The van der Waals surface area contributed by atoms with Gasteiger partial charge in [-0.1, -0.05) is 6.92 Å². The monoisotopic (exact) mass is 195 g/mol. The van der Waals surface area contributed by atoms with Gasteiger partial charge in [0.25, 0.3) is 0 Å². The van der Waals surface area contributed by atoms with Crippen molar-refractivity contribution in [3.05, 3.63) is 33.3 Å². The average molecular weight is 195 g/mol. The topological polar surface area (TPSA) is 61.0 Å². The molecule has 0 aromatic carbocycles. The smallest absolute Gasteiger partial charge is 0.246 e. The van der Waals surface area contributed by atoms with Crippen LogP contribution in [0.3, 0.4) is 0 Å². The molecule has 0 N–H and O–H groups in total. The summed E-state index contributed by atoms with van der Waals surface area (Å²) >= 11 is 0. The highest BCUT2D eigenvalue weighted by atomic mass is 16.6. The van der Waals surface area contributed by atoms with Gasteiger partial charge in [0.05, 0.1) is 10.6 Å². The molecule has 0 saturated heterocycles. The minimum absolute atomic E-state index is 0.209. The molecular formula is C9H13N3O2. The molecule has 0 amide bonds. The Hall–Kier alpha value is -1.65. The lowest BCUT2D eigenvalue weighted by Crippen LogP contribution is -1.96. The Balaban J connectivity index is 3.06. The van der Waals surface area contributed by atoms with Crippen molar-refractivity contribution in [2.75, 3.05) is 0 Å². The second-order valence-corrected chi connectivity index (χ2v) is 3.09. The number of rotatable bonds is 3. The largest absolute Gasteiger partial charge is 0.275 e. The van der Waals surface area contributed by atoms with E-state index >= 15 is 0 Å². The molecule has 1 aromatic heterocycles. The molecule has 5 nitrogen and oxygen atoms in total. The molecule has 5 heteroatoms. The molecule has 0 fully saturated rings. The van der Waals surface area contributed by atoms with Crippen molar-refractivity contribution in [3.8, 4) is 0 Å². The van der Waals surface area contributed by atoms with Gasteiger partial charge in [0, 0.05) is 31.3 Å². The van der Waals surface area contributed by atoms with E-state index in [9.17, 15) is 10.1 Å². The third-order valence-corrected chi connectivity index (χ3v) is 1.97. The fourth-order valence-corrected chi connectivity index (χ4v) is 1.22. The number of hydrogen-bond donors (Lipinski definition) is 0. The third kappa shape index (κ3) is 2.18. The molecule has 0 aliphatic heterocycles. The van der Waals surface area contributed by atoms with Crippen LogP contribution >= 0.6 is 0 Å². The van der Waals surface area contributed by atoms with Gasteiger partial charge in [0.1, 0.15) is 0 Å². The first kappa shape index (κ1) is 10.4. The van der Waals surface area contributed by atoms with Gasteiger partial charge in [-0.2, -0.15) is 5.10 Å². The summed E-state index contributed by atoms with van der Waals surface area (Å²) < 4.78 is 1.65. The zero-order valence-electron chi connectivity index (χ0n) is 8.52. The van der Waals surface area contributed by atoms with Gasteiger partial charge < -0.3 is 0 Å². The van der Waals surface area contributed by atoms with E-state index in [2.05, 4.69) is 5.10 Å². The summed E-state index contributed by atoms with van der Waals surface area (Å²) in [7, 11) is 1.79. The molecule has 1 aromatic rings. The number of aryl methyl sites for hydroxylation is 2. The van der Waals surface area contributed by atoms with Crippen LogP contribution in [0.1, 0.15) is 24.6 Å². The molecule has 0 atom stereocenters. The first-order valence-electron chi connectivity index (χ1n) is 4.39. The molecule has 0 aliphatic carbocycles. The fraction of sp³-hybridized carbons (Fsp3) is 0.444. The number of nitro groups is 1. The van der Waals surface area contributed by atoms with Crippen LogP contribution < -0.4 is 0 Å². The number of nitrogens with zero attached hydrogens (tertiary/aromatic N) is 3. The predicted octanol–water partition coefficient (Wildman–Crippen LogP) is 1.76. The van der Waals surface area contributed by atoms with E-state index < -0.39 is 0 Å². The molecule has 0 saturated carbocycles. The zero-order chi connectivity index (χ0) is 10.7. The predicted molar refractivity (Wildman–Crippen MR) is 53.2 cm³/mol. The SMILES string of the molecule is CCC(=Cc1cn(C)nc1C)[N+](=O)[O-]. The van der Waals surface area contributed by atoms with Crippen molar-refractivity contribution >= 4 is 6.08 Å². The summed E-state index contributed by atoms with van der Waals surface area (Å²) in [5.74, 6) is 0. The van der Waals surface area contributed by atoms with Crippen LogP contribution in [-0.4, -0.2) is 14.7 Å². The van der Waals surface area contributed by atoms with Crippen LogP contribution in [0.25, 0.3) is 6.08 Å². The standard InChI is InChI=1S/C9H13N3O2/c1-4-9(12(13)14)5-8-6-11(3)10-7(8)2/h5-6H,4H2,1-3H3. The van der Waals surface area contributed by atoms with Crippen molar-refractivity contribution in [1.29, 1.82) is 0 Å². The third-order valence-electron chi connectivity index (χ3n) is 1.97. The molecule has 0 unspecified atom stereocenters. The maximum Gasteiger partial charge on any atom is 0.246 e. The molecule has 0 radical (unpaired) electrons. The lowest BCUT2D eigenvalue weighted by molar-refractivity contribution is -0.425. The van der Waals surface area contributed by atoms with Gasteiger partial charge in [-0.05, 0) is 6.92 Å². The maximum absolute atomic E-state index is 10.6. The van der Waals surface area contributed by atoms with Crippen molar-refractivity contribution in [2.24, 2.45) is 7.05 Å². The summed E-state index contributed by atoms with van der Waals surface area (Å²) in [5, 5.41) is 14.7. The zero-order valence-corrected chi connectivity index (χ0v) is 8.52. The van der Waals surface area contributed by atoms with Gasteiger partial charge >= 0.3 is 0 Å². The van der Waals surface area contributed by atoms with Crippen LogP contribution in [0.2, 0.25) is 0 Å². The second kappa shape index (κ2) is 4.04. The molecule has 14 heavy (non-hydrogen) atoms. The summed E-state index contributed by atoms with van der Waals surface area (Å²) in [6, 6.07) is 0. The van der Waals surface area contributed by atoms with Crippen LogP contribution in [0, 0.1) is 17.0 Å². The van der Waals surface area contributed by atoms with E-state index in [1.54, 1.807) is 30.9 Å². The van der Waals surface area contributed by atoms with E-state index in [1.165, 1.54) is 0 Å². The molecular weight excluding hydrogens is 182 g/mol. The van der Waals surface area contributed by atoms with Crippen LogP contribution in [0.15, 0.2) is 11.9 Å². The van der Waals surface area contributed by atoms with Gasteiger partial charge in [-0.15, -0.1) is 0 Å². The van der Waals surface area contributed by atoms with Crippen molar-refractivity contribution in [3.63, 3.8) is 0 Å². The van der Waals surface area contributed by atoms with Crippen molar-refractivity contribution < 1.29 is 4.92 Å². The van der Waals surface area contributed by atoms with Crippen LogP contribution in [0.5, 0.6) is 0 Å². The van der Waals surface area contributed by atoms with Crippen LogP contribution in [0.4, 0.5) is 0 Å². The quantitative estimate of drug-likeness (QED) is 0.545. The minimum atomic E-state index is -0.355. The molecule has 0 spiro atoms. The highest BCUT2D eigenvalue weighted by Crippen LogP contribution is 2.12. The van der Waals surface area contributed by atoms with Gasteiger partial charge in [0.2, 0.25) is 5.70 Å². The van der Waals surface area contributed by atoms with Crippen LogP contribution in [-0.2, 0) is 7.05 Å². The second-order valence-electron chi connectivity index (χ2n) is 3.09. The minimum Gasteiger partial charge on any atom is -0.275 e. The van der Waals surface area contributed by atoms with E-state index in [0.717, 1.165) is 11.3 Å². The lowest BCUT2D eigenvalue weighted by atomic mass is 10.2. The molecule has 1 heterocycles. The Bertz CT molecular complexity index is 379. The first-order chi connectivity index (χ1) is 6.54. The molecule has 1 rings (SSSR count). The fourth-order valence-electron chi connectivity index (χ4n) is 1.22. The highest BCUT2D eigenvalue weighted by molar-refractivity contribution is 5.52. The van der Waals surface area contributed by atoms with E-state index in [0.29, 0.717) is 6.42 Å². The van der Waals surface area contributed by atoms with E-state index in [-0.39, 0.29) is 10.6 Å². The summed E-state index contributed by atoms with van der Waals surface area (Å²) in [5.41, 5.74) is 1.82. The van der Waals surface area contributed by atoms with E-state index in [4.69, 9.17) is 0 Å². The average Bonchev–Trinajstić information content (AvgIpc) is 2.40. The molecule has 76 valence electrons.